The molecule has 3 heterocycles. The van der Waals surface area contributed by atoms with Crippen molar-refractivity contribution in [2.45, 2.75) is 19.9 Å². The molecule has 5 rings (SSSR count). The molecule has 4 aromatic rings. The molecule has 1 amide bonds. The normalized spacial score (nSPS) is 17.8. The Kier molecular flexibility index (Phi) is 5.23. The van der Waals surface area contributed by atoms with Crippen LogP contribution in [-0.4, -0.2) is 26.8 Å². The number of rotatable bonds is 3. The molecule has 0 radical (unpaired) electrons. The van der Waals surface area contributed by atoms with Gasteiger partial charge in [0.25, 0.3) is 5.78 Å². The van der Waals surface area contributed by atoms with Gasteiger partial charge < -0.3 is 5.11 Å². The average Bonchev–Trinajstić information content (AvgIpc) is 3.33. The van der Waals surface area contributed by atoms with Gasteiger partial charge in [-0.1, -0.05) is 41.1 Å². The van der Waals surface area contributed by atoms with Gasteiger partial charge in [0.15, 0.2) is 5.13 Å². The minimum atomic E-state index is -0.876. The first-order valence-electron chi connectivity index (χ1n) is 10.2. The Morgan fingerprint density at radius 1 is 1.09 bits per heavy atom. The molecule has 0 bridgehead atoms. The Bertz CT molecular complexity index is 1460. The van der Waals surface area contributed by atoms with E-state index in [-0.39, 0.29) is 11.3 Å². The van der Waals surface area contributed by atoms with Crippen molar-refractivity contribution in [3.05, 3.63) is 93.8 Å². The summed E-state index contributed by atoms with van der Waals surface area (Å²) in [6.45, 7) is 3.96. The summed E-state index contributed by atoms with van der Waals surface area (Å²) in [5.41, 5.74) is 3.83. The van der Waals surface area contributed by atoms with E-state index in [2.05, 4.69) is 4.98 Å². The fourth-order valence-electron chi connectivity index (χ4n) is 4.15. The molecule has 2 aromatic heterocycles. The lowest BCUT2D eigenvalue weighted by molar-refractivity contribution is -0.132. The van der Waals surface area contributed by atoms with Crippen molar-refractivity contribution in [1.82, 2.24) is 9.97 Å². The van der Waals surface area contributed by atoms with Crippen LogP contribution in [0.5, 0.6) is 0 Å². The van der Waals surface area contributed by atoms with Crippen LogP contribution in [-0.2, 0) is 9.59 Å². The molecule has 2 aromatic carbocycles. The number of Topliss-reactive ketones (excluding diaryl/α,β-unsaturated/α-hetero) is 1. The summed E-state index contributed by atoms with van der Waals surface area (Å²) in [7, 11) is 0. The van der Waals surface area contributed by atoms with Gasteiger partial charge in [-0.15, -0.1) is 0 Å². The van der Waals surface area contributed by atoms with Gasteiger partial charge in [0.05, 0.1) is 21.8 Å². The van der Waals surface area contributed by atoms with Crippen molar-refractivity contribution in [3.63, 3.8) is 0 Å². The number of pyridine rings is 1. The second-order valence-corrected chi connectivity index (χ2v) is 9.33. The lowest BCUT2D eigenvalue weighted by atomic mass is 9.96. The smallest absolute Gasteiger partial charge is 0.301 e. The minimum absolute atomic E-state index is 0.0133. The van der Waals surface area contributed by atoms with Gasteiger partial charge >= 0.3 is 5.91 Å². The van der Waals surface area contributed by atoms with Crippen LogP contribution in [0.25, 0.3) is 16.0 Å². The zero-order valence-electron chi connectivity index (χ0n) is 17.7. The summed E-state index contributed by atoms with van der Waals surface area (Å²) >= 11 is 7.58. The first kappa shape index (κ1) is 21.3. The molecule has 1 aliphatic heterocycles. The van der Waals surface area contributed by atoms with E-state index in [0.29, 0.717) is 21.3 Å². The van der Waals surface area contributed by atoms with E-state index in [1.807, 2.05) is 26.0 Å². The number of amides is 1. The largest absolute Gasteiger partial charge is 0.507 e. The zero-order chi connectivity index (χ0) is 23.3. The van der Waals surface area contributed by atoms with Crippen molar-refractivity contribution in [2.75, 3.05) is 4.90 Å². The number of benzene rings is 2. The van der Waals surface area contributed by atoms with Crippen molar-refractivity contribution >= 4 is 55.7 Å². The number of fused-ring (bicyclic) bond motifs is 1. The molecule has 0 spiro atoms. The maximum atomic E-state index is 13.3. The number of thiazole rings is 1. The van der Waals surface area contributed by atoms with Crippen LogP contribution in [0.1, 0.15) is 28.3 Å². The highest BCUT2D eigenvalue weighted by Gasteiger charge is 2.48. The molecule has 164 valence electrons. The quantitative estimate of drug-likeness (QED) is 0.237. The van der Waals surface area contributed by atoms with E-state index in [9.17, 15) is 14.7 Å². The van der Waals surface area contributed by atoms with Crippen molar-refractivity contribution < 1.29 is 14.7 Å². The highest BCUT2D eigenvalue weighted by molar-refractivity contribution is 7.22. The van der Waals surface area contributed by atoms with Crippen LogP contribution in [0.4, 0.5) is 5.13 Å². The third-order valence-electron chi connectivity index (χ3n) is 5.59. The van der Waals surface area contributed by atoms with Crippen LogP contribution < -0.4 is 4.90 Å². The number of carbonyl (C=O) groups is 2. The Hall–Kier alpha value is -3.55. The second-order valence-electron chi connectivity index (χ2n) is 7.88. The van der Waals surface area contributed by atoms with Crippen LogP contribution >= 0.6 is 22.9 Å². The summed E-state index contributed by atoms with van der Waals surface area (Å²) in [6, 6.07) is 13.2. The number of nitrogens with zero attached hydrogens (tertiary/aromatic N) is 3. The van der Waals surface area contributed by atoms with E-state index in [4.69, 9.17) is 16.6 Å². The first-order valence-corrected chi connectivity index (χ1v) is 11.4. The van der Waals surface area contributed by atoms with Crippen molar-refractivity contribution in [2.24, 2.45) is 0 Å². The van der Waals surface area contributed by atoms with Gasteiger partial charge in [-0.2, -0.15) is 0 Å². The van der Waals surface area contributed by atoms with E-state index in [1.165, 1.54) is 28.6 Å². The molecule has 1 N–H and O–H groups in total. The van der Waals surface area contributed by atoms with Crippen LogP contribution in [0.15, 0.2) is 66.5 Å². The summed E-state index contributed by atoms with van der Waals surface area (Å²) < 4.78 is 0.920. The fraction of sp³-hybridized carbons (Fsp3) is 0.120. The van der Waals surface area contributed by atoms with Gasteiger partial charge in [0.1, 0.15) is 5.76 Å². The number of carbonyl (C=O) groups excluding carboxylic acids is 2. The molecule has 6 nitrogen and oxygen atoms in total. The summed E-state index contributed by atoms with van der Waals surface area (Å²) in [5, 5.41) is 11.9. The molecule has 1 unspecified atom stereocenters. The lowest BCUT2D eigenvalue weighted by Gasteiger charge is -2.23. The third kappa shape index (κ3) is 3.59. The average molecular weight is 476 g/mol. The molecule has 0 aliphatic carbocycles. The highest BCUT2D eigenvalue weighted by Crippen LogP contribution is 2.45. The molecule has 8 heteroatoms. The number of aliphatic hydroxyl groups is 1. The number of hydrogen-bond donors (Lipinski definition) is 1. The first-order chi connectivity index (χ1) is 15.8. The number of ketones is 1. The topological polar surface area (TPSA) is 83.4 Å². The standard InChI is InChI=1S/C25H18ClN3O3S/c1-13-10-14(2)20-18(11-13)33-25(28-20)29-21(16-4-3-5-17(26)12-16)19(23(31)24(29)32)22(30)15-6-8-27-9-7-15/h3-12,21,30H,1-2H3/b22-19+. The van der Waals surface area contributed by atoms with Gasteiger partial charge in [-0.3, -0.25) is 19.5 Å². The maximum Gasteiger partial charge on any atom is 0.301 e. The Morgan fingerprint density at radius 3 is 2.58 bits per heavy atom. The maximum absolute atomic E-state index is 13.3. The minimum Gasteiger partial charge on any atom is -0.507 e. The van der Waals surface area contributed by atoms with Gasteiger partial charge in [0.2, 0.25) is 0 Å². The molecule has 1 saturated heterocycles. The molecular weight excluding hydrogens is 458 g/mol. The number of aryl methyl sites for hydroxylation is 2. The van der Waals surface area contributed by atoms with E-state index in [1.54, 1.807) is 36.4 Å². The predicted octanol–water partition coefficient (Wildman–Crippen LogP) is 5.59. The van der Waals surface area contributed by atoms with Gasteiger partial charge in [-0.25, -0.2) is 4.98 Å². The van der Waals surface area contributed by atoms with Crippen molar-refractivity contribution in [1.29, 1.82) is 0 Å². The monoisotopic (exact) mass is 475 g/mol. The number of aromatic nitrogens is 2. The number of hydrogen-bond acceptors (Lipinski definition) is 6. The van der Waals surface area contributed by atoms with Gasteiger partial charge in [0, 0.05) is 23.0 Å². The molecule has 1 aliphatic rings. The Balaban J connectivity index is 1.76. The molecule has 1 fully saturated rings. The molecule has 1 atom stereocenters. The summed E-state index contributed by atoms with van der Waals surface area (Å²) in [4.78, 5) is 36.6. The SMILES string of the molecule is Cc1cc(C)c2nc(N3C(=O)C(=O)/C(=C(/O)c4ccncc4)C3c3cccc(Cl)c3)sc2c1. The van der Waals surface area contributed by atoms with Crippen LogP contribution in [0.3, 0.4) is 0 Å². The van der Waals surface area contributed by atoms with Crippen LogP contribution in [0.2, 0.25) is 5.02 Å². The van der Waals surface area contributed by atoms with Crippen LogP contribution in [0, 0.1) is 13.8 Å². The summed E-state index contributed by atoms with van der Waals surface area (Å²) in [6.07, 6.45) is 3.02. The summed E-state index contributed by atoms with van der Waals surface area (Å²) in [5.74, 6) is -1.79. The highest BCUT2D eigenvalue weighted by atomic mass is 35.5. The van der Waals surface area contributed by atoms with Crippen molar-refractivity contribution in [3.8, 4) is 0 Å². The Labute approximate surface area is 198 Å². The molecule has 33 heavy (non-hydrogen) atoms. The lowest BCUT2D eigenvalue weighted by Crippen LogP contribution is -2.29. The van der Waals surface area contributed by atoms with E-state index >= 15 is 0 Å². The van der Waals surface area contributed by atoms with E-state index < -0.39 is 17.7 Å². The molecule has 0 saturated carbocycles. The van der Waals surface area contributed by atoms with Gasteiger partial charge in [-0.05, 0) is 60.9 Å². The zero-order valence-corrected chi connectivity index (χ0v) is 19.3. The number of anilines is 1. The predicted molar refractivity (Wildman–Crippen MR) is 130 cm³/mol. The molecular formula is C25H18ClN3O3S. The Morgan fingerprint density at radius 2 is 1.85 bits per heavy atom. The fourth-order valence-corrected chi connectivity index (χ4v) is 5.52. The second kappa shape index (κ2) is 8.10. The third-order valence-corrected chi connectivity index (χ3v) is 6.82. The number of aliphatic hydroxyl groups excluding tert-OH is 1. The number of halogens is 1. The van der Waals surface area contributed by atoms with E-state index in [0.717, 1.165) is 21.3 Å².